The topological polar surface area (TPSA) is 17.8 Å². The third kappa shape index (κ3) is 2.93. The molecule has 0 amide bonds. The minimum Gasteiger partial charge on any atom is -0.276 e. The molecule has 1 rings (SSSR count). The predicted molar refractivity (Wildman–Crippen MR) is 46.8 cm³/mol. The Morgan fingerprint density at radius 2 is 2.45 bits per heavy atom. The van der Waals surface area contributed by atoms with Crippen LogP contribution in [0.15, 0.2) is 12.4 Å². The van der Waals surface area contributed by atoms with E-state index in [2.05, 4.69) is 5.10 Å². The van der Waals surface area contributed by atoms with Crippen LogP contribution in [0.25, 0.3) is 0 Å². The molecule has 1 atom stereocenters. The van der Waals surface area contributed by atoms with Crippen LogP contribution in [0.5, 0.6) is 0 Å². The highest BCUT2D eigenvalue weighted by Gasteiger charge is 1.99. The Balaban J connectivity index is 2.39. The number of alkyl halides is 1. The van der Waals surface area contributed by atoms with Gasteiger partial charge in [-0.1, -0.05) is 0 Å². The van der Waals surface area contributed by atoms with Gasteiger partial charge in [0.15, 0.2) is 0 Å². The average molecular weight is 173 g/mol. The van der Waals surface area contributed by atoms with Crippen molar-refractivity contribution in [3.63, 3.8) is 0 Å². The van der Waals surface area contributed by atoms with Crippen LogP contribution in [0.2, 0.25) is 0 Å². The molecule has 2 nitrogen and oxygen atoms in total. The summed E-state index contributed by atoms with van der Waals surface area (Å²) in [5, 5.41) is 4.33. The molecule has 62 valence electrons. The Bertz CT molecular complexity index is 218. The molecule has 0 fully saturated rings. The zero-order valence-corrected chi connectivity index (χ0v) is 7.67. The maximum absolute atomic E-state index is 5.81. The predicted octanol–water partition coefficient (Wildman–Crippen LogP) is 1.98. The number of halogens is 1. The third-order valence-corrected chi connectivity index (χ3v) is 1.81. The van der Waals surface area contributed by atoms with Crippen LogP contribution in [0.1, 0.15) is 18.9 Å². The van der Waals surface area contributed by atoms with E-state index >= 15 is 0 Å². The molecule has 1 aromatic rings. The van der Waals surface area contributed by atoms with Gasteiger partial charge in [-0.3, -0.25) is 4.68 Å². The second-order valence-corrected chi connectivity index (χ2v) is 3.59. The Labute approximate surface area is 72.2 Å². The molecule has 3 heteroatoms. The van der Waals surface area contributed by atoms with E-state index in [0.29, 0.717) is 0 Å². The summed E-state index contributed by atoms with van der Waals surface area (Å²) >= 11 is 5.81. The highest BCUT2D eigenvalue weighted by molar-refractivity contribution is 6.20. The van der Waals surface area contributed by atoms with Gasteiger partial charge in [-0.2, -0.15) is 5.10 Å². The van der Waals surface area contributed by atoms with Gasteiger partial charge in [0.25, 0.3) is 0 Å². The molecule has 1 unspecified atom stereocenters. The Morgan fingerprint density at radius 3 is 2.91 bits per heavy atom. The van der Waals surface area contributed by atoms with Crippen LogP contribution in [0.4, 0.5) is 0 Å². The molecule has 0 aliphatic carbocycles. The lowest BCUT2D eigenvalue weighted by molar-refractivity contribution is 0.763. The van der Waals surface area contributed by atoms with E-state index in [1.165, 1.54) is 5.56 Å². The summed E-state index contributed by atoms with van der Waals surface area (Å²) in [6.07, 6.45) is 5.96. The summed E-state index contributed by atoms with van der Waals surface area (Å²) in [5.41, 5.74) is 1.26. The molecule has 0 spiro atoms. The molecular formula is C8H13ClN2. The summed E-state index contributed by atoms with van der Waals surface area (Å²) < 4.78 is 1.81. The van der Waals surface area contributed by atoms with E-state index in [4.69, 9.17) is 11.6 Å². The van der Waals surface area contributed by atoms with Crippen LogP contribution in [-0.2, 0) is 13.5 Å². The lowest BCUT2D eigenvalue weighted by Crippen LogP contribution is -1.93. The molecule has 1 heterocycles. The van der Waals surface area contributed by atoms with Crippen LogP contribution in [0, 0.1) is 0 Å². The Morgan fingerprint density at radius 1 is 1.73 bits per heavy atom. The zero-order valence-electron chi connectivity index (χ0n) is 6.92. The van der Waals surface area contributed by atoms with Gasteiger partial charge in [0.2, 0.25) is 0 Å². The van der Waals surface area contributed by atoms with Crippen LogP contribution in [0.3, 0.4) is 0 Å². The van der Waals surface area contributed by atoms with Crippen molar-refractivity contribution in [1.82, 2.24) is 9.78 Å². The summed E-state index contributed by atoms with van der Waals surface area (Å²) in [4.78, 5) is 0. The normalized spacial score (nSPS) is 13.4. The van der Waals surface area contributed by atoms with Crippen LogP contribution in [-0.4, -0.2) is 15.2 Å². The fraction of sp³-hybridized carbons (Fsp3) is 0.625. The molecular weight excluding hydrogens is 160 g/mol. The maximum Gasteiger partial charge on any atom is 0.0521 e. The molecule has 0 aliphatic heterocycles. The lowest BCUT2D eigenvalue weighted by Gasteiger charge is -1.98. The smallest absolute Gasteiger partial charge is 0.0521 e. The van der Waals surface area contributed by atoms with Gasteiger partial charge < -0.3 is 0 Å². The molecule has 0 saturated carbocycles. The van der Waals surface area contributed by atoms with Crippen molar-refractivity contribution in [3.05, 3.63) is 18.0 Å². The van der Waals surface area contributed by atoms with E-state index in [-0.39, 0.29) is 5.38 Å². The van der Waals surface area contributed by atoms with E-state index in [1.54, 1.807) is 0 Å². The third-order valence-electron chi connectivity index (χ3n) is 1.59. The molecule has 0 aliphatic rings. The molecule has 0 aromatic carbocycles. The van der Waals surface area contributed by atoms with Crippen molar-refractivity contribution < 1.29 is 0 Å². The van der Waals surface area contributed by atoms with E-state index < -0.39 is 0 Å². The Hall–Kier alpha value is -0.500. The maximum atomic E-state index is 5.81. The highest BCUT2D eigenvalue weighted by Crippen LogP contribution is 2.07. The number of nitrogens with zero attached hydrogens (tertiary/aromatic N) is 2. The Kier molecular flexibility index (Phi) is 2.94. The monoisotopic (exact) mass is 172 g/mol. The standard InChI is InChI=1S/C8H13ClN2/c1-7(9)3-4-8-5-10-11(2)6-8/h5-7H,3-4H2,1-2H3. The first-order valence-electron chi connectivity index (χ1n) is 3.80. The van der Waals surface area contributed by atoms with Gasteiger partial charge in [-0.05, 0) is 25.3 Å². The number of rotatable bonds is 3. The largest absolute Gasteiger partial charge is 0.276 e. The van der Waals surface area contributed by atoms with E-state index in [0.717, 1.165) is 12.8 Å². The fourth-order valence-corrected chi connectivity index (χ4v) is 1.08. The SMILES string of the molecule is CC(Cl)CCc1cnn(C)c1. The second-order valence-electron chi connectivity index (χ2n) is 2.84. The van der Waals surface area contributed by atoms with Gasteiger partial charge in [0.1, 0.15) is 0 Å². The summed E-state index contributed by atoms with van der Waals surface area (Å²) in [5.74, 6) is 0. The van der Waals surface area contributed by atoms with Crippen molar-refractivity contribution in [2.75, 3.05) is 0 Å². The quantitative estimate of drug-likeness (QED) is 0.638. The minimum atomic E-state index is 0.259. The first-order chi connectivity index (χ1) is 5.18. The van der Waals surface area contributed by atoms with E-state index in [1.807, 2.05) is 31.0 Å². The molecule has 0 radical (unpaired) electrons. The highest BCUT2D eigenvalue weighted by atomic mass is 35.5. The summed E-state index contributed by atoms with van der Waals surface area (Å²) in [7, 11) is 1.92. The second kappa shape index (κ2) is 3.77. The number of aryl methyl sites for hydroxylation is 2. The molecule has 0 N–H and O–H groups in total. The average Bonchev–Trinajstić information content (AvgIpc) is 2.31. The number of hydrogen-bond acceptors (Lipinski definition) is 1. The van der Waals surface area contributed by atoms with Gasteiger partial charge in [0, 0.05) is 18.6 Å². The zero-order chi connectivity index (χ0) is 8.27. The molecule has 0 saturated heterocycles. The van der Waals surface area contributed by atoms with Gasteiger partial charge in [-0.15, -0.1) is 11.6 Å². The lowest BCUT2D eigenvalue weighted by atomic mass is 10.2. The fourth-order valence-electron chi connectivity index (χ4n) is 0.967. The van der Waals surface area contributed by atoms with Crippen LogP contribution >= 0.6 is 11.6 Å². The van der Waals surface area contributed by atoms with E-state index in [9.17, 15) is 0 Å². The van der Waals surface area contributed by atoms with Crippen molar-refractivity contribution in [3.8, 4) is 0 Å². The van der Waals surface area contributed by atoms with Crippen molar-refractivity contribution >= 4 is 11.6 Å². The van der Waals surface area contributed by atoms with Crippen LogP contribution < -0.4 is 0 Å². The summed E-state index contributed by atoms with van der Waals surface area (Å²) in [6, 6.07) is 0. The van der Waals surface area contributed by atoms with Gasteiger partial charge in [0.05, 0.1) is 6.20 Å². The number of aromatic nitrogens is 2. The minimum absolute atomic E-state index is 0.259. The van der Waals surface area contributed by atoms with Gasteiger partial charge in [-0.25, -0.2) is 0 Å². The molecule has 1 aromatic heterocycles. The van der Waals surface area contributed by atoms with Crippen molar-refractivity contribution in [1.29, 1.82) is 0 Å². The van der Waals surface area contributed by atoms with Gasteiger partial charge >= 0.3 is 0 Å². The molecule has 0 bridgehead atoms. The first kappa shape index (κ1) is 8.60. The number of hydrogen-bond donors (Lipinski definition) is 0. The molecule has 11 heavy (non-hydrogen) atoms. The first-order valence-corrected chi connectivity index (χ1v) is 4.23. The summed E-state index contributed by atoms with van der Waals surface area (Å²) in [6.45, 7) is 2.01. The van der Waals surface area contributed by atoms with Crippen molar-refractivity contribution in [2.24, 2.45) is 7.05 Å². The van der Waals surface area contributed by atoms with Crippen molar-refractivity contribution in [2.45, 2.75) is 25.1 Å².